The zero-order valence-corrected chi connectivity index (χ0v) is 19.5. The van der Waals surface area contributed by atoms with Crippen molar-refractivity contribution in [2.24, 2.45) is 0 Å². The van der Waals surface area contributed by atoms with Gasteiger partial charge in [0.2, 0.25) is 10.0 Å². The summed E-state index contributed by atoms with van der Waals surface area (Å²) in [5.41, 5.74) is 2.42. The molecular formula is C22H30N4O5S. The van der Waals surface area contributed by atoms with Crippen molar-refractivity contribution in [1.29, 1.82) is 0 Å². The number of aryl methyl sites for hydroxylation is 1. The molecule has 1 heterocycles. The van der Waals surface area contributed by atoms with E-state index in [-0.39, 0.29) is 29.7 Å². The average molecular weight is 463 g/mol. The van der Waals surface area contributed by atoms with Crippen LogP contribution in [-0.4, -0.2) is 69.5 Å². The number of ether oxygens (including phenoxy) is 1. The van der Waals surface area contributed by atoms with Crippen LogP contribution in [0.2, 0.25) is 0 Å². The fraction of sp³-hybridized carbons (Fsp3) is 0.455. The highest BCUT2D eigenvalue weighted by Crippen LogP contribution is 2.30. The molecule has 2 aromatic carbocycles. The molecule has 3 rings (SSSR count). The molecule has 0 saturated carbocycles. The summed E-state index contributed by atoms with van der Waals surface area (Å²) in [6.07, 6.45) is 0.955. The number of likely N-dealkylation sites (N-methyl/N-ethyl adjacent to an activating group) is 1. The van der Waals surface area contributed by atoms with Crippen molar-refractivity contribution in [2.75, 3.05) is 52.3 Å². The highest BCUT2D eigenvalue weighted by Gasteiger charge is 2.30. The number of benzene rings is 2. The maximum Gasteiger partial charge on any atom is 0.270 e. The molecule has 0 spiro atoms. The van der Waals surface area contributed by atoms with Crippen LogP contribution >= 0.6 is 0 Å². The monoisotopic (exact) mass is 462 g/mol. The normalized spacial score (nSPS) is 16.1. The maximum atomic E-state index is 13.3. The van der Waals surface area contributed by atoms with E-state index in [1.807, 2.05) is 14.1 Å². The third kappa shape index (κ3) is 5.44. The van der Waals surface area contributed by atoms with Gasteiger partial charge in [0.1, 0.15) is 4.90 Å². The molecule has 32 heavy (non-hydrogen) atoms. The number of morpholine rings is 1. The van der Waals surface area contributed by atoms with Crippen molar-refractivity contribution >= 4 is 21.4 Å². The average Bonchev–Trinajstić information content (AvgIpc) is 2.80. The predicted octanol–water partition coefficient (Wildman–Crippen LogP) is 2.89. The van der Waals surface area contributed by atoms with Crippen LogP contribution in [0.15, 0.2) is 47.4 Å². The summed E-state index contributed by atoms with van der Waals surface area (Å²) >= 11 is 0. The molecule has 174 valence electrons. The second kappa shape index (κ2) is 10.4. The largest absolute Gasteiger partial charge is 0.382 e. The number of anilines is 1. The molecule has 0 amide bonds. The van der Waals surface area contributed by atoms with E-state index in [1.54, 1.807) is 0 Å². The molecule has 0 bridgehead atoms. The third-order valence-corrected chi connectivity index (χ3v) is 7.58. The minimum atomic E-state index is -3.92. The van der Waals surface area contributed by atoms with E-state index >= 15 is 0 Å². The fourth-order valence-electron chi connectivity index (χ4n) is 3.69. The molecular weight excluding hydrogens is 432 g/mol. The minimum absolute atomic E-state index is 0.0185. The Kier molecular flexibility index (Phi) is 7.83. The molecule has 0 unspecified atom stereocenters. The predicted molar refractivity (Wildman–Crippen MR) is 123 cm³/mol. The summed E-state index contributed by atoms with van der Waals surface area (Å²) < 4.78 is 33.2. The molecule has 2 aromatic rings. The molecule has 10 heteroatoms. The lowest BCUT2D eigenvalue weighted by Gasteiger charge is -2.28. The lowest BCUT2D eigenvalue weighted by atomic mass is 10.0. The van der Waals surface area contributed by atoms with E-state index in [2.05, 4.69) is 41.4 Å². The molecule has 0 aromatic heterocycles. The summed E-state index contributed by atoms with van der Waals surface area (Å²) in [4.78, 5) is 12.7. The Labute approximate surface area is 189 Å². The third-order valence-electron chi connectivity index (χ3n) is 5.65. The van der Waals surface area contributed by atoms with E-state index in [0.29, 0.717) is 25.4 Å². The molecule has 1 fully saturated rings. The molecule has 0 aliphatic carbocycles. The van der Waals surface area contributed by atoms with Crippen LogP contribution in [0.5, 0.6) is 0 Å². The Hall–Kier alpha value is -2.53. The molecule has 1 saturated heterocycles. The Morgan fingerprint density at radius 1 is 1.16 bits per heavy atom. The Morgan fingerprint density at radius 2 is 1.81 bits per heavy atom. The first-order valence-electron chi connectivity index (χ1n) is 10.6. The molecule has 1 aliphatic heterocycles. The van der Waals surface area contributed by atoms with Gasteiger partial charge in [-0.25, -0.2) is 8.42 Å². The van der Waals surface area contributed by atoms with Crippen molar-refractivity contribution in [2.45, 2.75) is 24.3 Å². The molecule has 1 atom stereocenters. The van der Waals surface area contributed by atoms with E-state index < -0.39 is 14.9 Å². The van der Waals surface area contributed by atoms with Crippen molar-refractivity contribution in [3.05, 3.63) is 63.7 Å². The maximum absolute atomic E-state index is 13.3. The van der Waals surface area contributed by atoms with Gasteiger partial charge < -0.3 is 15.0 Å². The Morgan fingerprint density at radius 3 is 2.38 bits per heavy atom. The summed E-state index contributed by atoms with van der Waals surface area (Å²) in [6, 6.07) is 12.2. The van der Waals surface area contributed by atoms with Crippen LogP contribution in [-0.2, 0) is 21.2 Å². The fourth-order valence-corrected chi connectivity index (χ4v) is 5.29. The lowest BCUT2D eigenvalue weighted by Crippen LogP contribution is -2.41. The van der Waals surface area contributed by atoms with Crippen molar-refractivity contribution in [3.8, 4) is 0 Å². The number of non-ortho nitro benzene ring substituents is 1. The zero-order valence-electron chi connectivity index (χ0n) is 18.7. The van der Waals surface area contributed by atoms with E-state index in [4.69, 9.17) is 4.74 Å². The Bertz CT molecular complexity index is 1030. The van der Waals surface area contributed by atoms with Crippen LogP contribution in [0.1, 0.15) is 24.1 Å². The number of nitro groups is 1. The second-order valence-electron chi connectivity index (χ2n) is 7.91. The summed E-state index contributed by atoms with van der Waals surface area (Å²) in [7, 11) is 0.00153. The smallest absolute Gasteiger partial charge is 0.270 e. The number of hydrogen-bond acceptors (Lipinski definition) is 7. The van der Waals surface area contributed by atoms with Gasteiger partial charge >= 0.3 is 0 Å². The number of nitrogens with zero attached hydrogens (tertiary/aromatic N) is 3. The minimum Gasteiger partial charge on any atom is -0.382 e. The summed E-state index contributed by atoms with van der Waals surface area (Å²) in [5, 5.41) is 14.5. The first kappa shape index (κ1) is 24.1. The van der Waals surface area contributed by atoms with Gasteiger partial charge in [-0.05, 0) is 37.7 Å². The number of hydrogen-bond donors (Lipinski definition) is 1. The van der Waals surface area contributed by atoms with Gasteiger partial charge in [0, 0.05) is 31.8 Å². The van der Waals surface area contributed by atoms with Gasteiger partial charge in [-0.1, -0.05) is 31.2 Å². The Balaban J connectivity index is 1.91. The standard InChI is InChI=1S/C22H30N4O5S/c1-4-17-5-7-18(8-6-17)21(24(2)3)16-23-20-10-9-19(26(27)28)15-22(20)32(29,30)25-11-13-31-14-12-25/h5-10,15,21,23H,4,11-14,16H2,1-3H3/t21-/m0/s1. The van der Waals surface area contributed by atoms with Gasteiger partial charge in [0.05, 0.1) is 29.9 Å². The van der Waals surface area contributed by atoms with Gasteiger partial charge in [-0.2, -0.15) is 4.31 Å². The van der Waals surface area contributed by atoms with Gasteiger partial charge in [-0.15, -0.1) is 0 Å². The number of nitrogens with one attached hydrogen (secondary N) is 1. The van der Waals surface area contributed by atoms with Gasteiger partial charge in [0.15, 0.2) is 0 Å². The topological polar surface area (TPSA) is 105 Å². The first-order valence-corrected chi connectivity index (χ1v) is 12.0. The van der Waals surface area contributed by atoms with Crippen LogP contribution in [0.4, 0.5) is 11.4 Å². The quantitative estimate of drug-likeness (QED) is 0.451. The lowest BCUT2D eigenvalue weighted by molar-refractivity contribution is -0.385. The number of nitro benzene ring substituents is 1. The summed E-state index contributed by atoms with van der Waals surface area (Å²) in [6.45, 7) is 3.57. The van der Waals surface area contributed by atoms with Crippen LogP contribution in [0.25, 0.3) is 0 Å². The molecule has 0 radical (unpaired) electrons. The van der Waals surface area contributed by atoms with E-state index in [9.17, 15) is 18.5 Å². The van der Waals surface area contributed by atoms with Crippen molar-refractivity contribution < 1.29 is 18.1 Å². The van der Waals surface area contributed by atoms with E-state index in [1.165, 1.54) is 22.0 Å². The highest BCUT2D eigenvalue weighted by molar-refractivity contribution is 7.89. The van der Waals surface area contributed by atoms with Crippen molar-refractivity contribution in [3.63, 3.8) is 0 Å². The van der Waals surface area contributed by atoms with E-state index in [0.717, 1.165) is 18.1 Å². The van der Waals surface area contributed by atoms with Crippen LogP contribution < -0.4 is 5.32 Å². The second-order valence-corrected chi connectivity index (χ2v) is 9.82. The first-order chi connectivity index (χ1) is 15.2. The molecule has 1 N–H and O–H groups in total. The van der Waals surface area contributed by atoms with Crippen LogP contribution in [0, 0.1) is 10.1 Å². The summed E-state index contributed by atoms with van der Waals surface area (Å²) in [5.74, 6) is 0. The molecule has 1 aliphatic rings. The number of rotatable bonds is 9. The van der Waals surface area contributed by atoms with Gasteiger partial charge in [0.25, 0.3) is 5.69 Å². The van der Waals surface area contributed by atoms with Gasteiger partial charge in [-0.3, -0.25) is 10.1 Å². The van der Waals surface area contributed by atoms with Crippen molar-refractivity contribution in [1.82, 2.24) is 9.21 Å². The highest BCUT2D eigenvalue weighted by atomic mass is 32.2. The zero-order chi connectivity index (χ0) is 23.3. The van der Waals surface area contributed by atoms with Crippen LogP contribution in [0.3, 0.4) is 0 Å². The SMILES string of the molecule is CCc1ccc([C@H](CNc2ccc([N+](=O)[O-])cc2S(=O)(=O)N2CCOCC2)N(C)C)cc1. The molecule has 9 nitrogen and oxygen atoms in total. The number of sulfonamides is 1.